The average Bonchev–Trinajstić information content (AvgIpc) is 2.89. The molecule has 3 rings (SSSR count). The molecule has 1 aromatic rings. The molecule has 0 radical (unpaired) electrons. The van der Waals surface area contributed by atoms with E-state index in [0.717, 1.165) is 0 Å². The normalized spacial score (nSPS) is 17.4. The van der Waals surface area contributed by atoms with Gasteiger partial charge < -0.3 is 0 Å². The van der Waals surface area contributed by atoms with Crippen LogP contribution in [-0.2, 0) is 43.6 Å². The fourth-order valence-electron chi connectivity index (χ4n) is 3.32. The van der Waals surface area contributed by atoms with Crippen molar-refractivity contribution in [1.29, 1.82) is 0 Å². The van der Waals surface area contributed by atoms with Gasteiger partial charge in [0.05, 0.1) is 0 Å². The van der Waals surface area contributed by atoms with Crippen molar-refractivity contribution < 1.29 is 24.4 Å². The number of hydrogen-bond donors (Lipinski definition) is 0. The van der Waals surface area contributed by atoms with Gasteiger partial charge in [0.15, 0.2) is 0 Å². The Morgan fingerprint density at radius 2 is 2.00 bits per heavy atom. The molecular weight excluding hydrogens is 371 g/mol. The Morgan fingerprint density at radius 3 is 2.82 bits per heavy atom. The van der Waals surface area contributed by atoms with Gasteiger partial charge in [-0.25, -0.2) is 0 Å². The predicted molar refractivity (Wildman–Crippen MR) is 68.6 cm³/mol. The van der Waals surface area contributed by atoms with Crippen LogP contribution in [0.1, 0.15) is 54.9 Å². The van der Waals surface area contributed by atoms with E-state index >= 15 is 0 Å². The monoisotopic (exact) mass is 391 g/mol. The molecule has 0 saturated heterocycles. The quantitative estimate of drug-likeness (QED) is 0.680. The first kappa shape index (κ1) is 11.9. The molecule has 0 N–H and O–H groups in total. The topological polar surface area (TPSA) is 0 Å². The summed E-state index contributed by atoms with van der Waals surface area (Å²) in [6, 6.07) is 4.81. The van der Waals surface area contributed by atoms with Gasteiger partial charge in [-0.15, -0.1) is 0 Å². The summed E-state index contributed by atoms with van der Waals surface area (Å²) in [5, 5.41) is 0. The van der Waals surface area contributed by atoms with Gasteiger partial charge in [-0.05, 0) is 0 Å². The fourth-order valence-corrected chi connectivity index (χ4v) is 4.90. The molecule has 17 heavy (non-hydrogen) atoms. The van der Waals surface area contributed by atoms with Crippen molar-refractivity contribution in [3.63, 3.8) is 0 Å². The van der Waals surface area contributed by atoms with Crippen LogP contribution in [0.5, 0.6) is 0 Å². The van der Waals surface area contributed by atoms with Crippen LogP contribution in [0.4, 0.5) is 0 Å². The Kier molecular flexibility index (Phi) is 3.38. The van der Waals surface area contributed by atoms with Gasteiger partial charge in [-0.2, -0.15) is 0 Å². The molecule has 0 unspecified atom stereocenters. The first-order valence-electron chi connectivity index (χ1n) is 6.89. The summed E-state index contributed by atoms with van der Waals surface area (Å²) in [5.74, 6) is 0. The van der Waals surface area contributed by atoms with Gasteiger partial charge >= 0.3 is 120 Å². The minimum atomic E-state index is 1.26. The van der Waals surface area contributed by atoms with Crippen molar-refractivity contribution in [1.82, 2.24) is 0 Å². The molecule has 1 heteroatoms. The minimum absolute atomic E-state index is 1.26. The zero-order chi connectivity index (χ0) is 11.8. The fraction of sp³-hybridized carbons (Fsp3) is 0.500. The Balaban J connectivity index is 2.05. The zero-order valence-corrected chi connectivity index (χ0v) is 14.2. The summed E-state index contributed by atoms with van der Waals surface area (Å²) >= 11 is 1.26. The Morgan fingerprint density at radius 1 is 1.18 bits per heavy atom. The molecule has 0 aliphatic heterocycles. The number of allylic oxidation sites excluding steroid dienone is 2. The molecule has 0 nitrogen and oxygen atoms in total. The summed E-state index contributed by atoms with van der Waals surface area (Å²) in [6.45, 7) is 2.30. The molecule has 87 valence electrons. The van der Waals surface area contributed by atoms with E-state index in [1.807, 2.05) is 0 Å². The van der Waals surface area contributed by atoms with E-state index in [2.05, 4.69) is 19.1 Å². The van der Waals surface area contributed by atoms with E-state index in [1.165, 1.54) is 69.3 Å². The molecule has 0 spiro atoms. The molecule has 0 fully saturated rings. The number of aryl methyl sites for hydroxylation is 1. The zero-order valence-electron chi connectivity index (χ0n) is 10.6. The molecule has 0 amide bonds. The SMILES string of the molecule is CCCCC1=[C]([Hf])Cc2ccc3c(c21)CCC3. The predicted octanol–water partition coefficient (Wildman–Crippen LogP) is 4.18. The van der Waals surface area contributed by atoms with Gasteiger partial charge in [0, 0.05) is 0 Å². The second kappa shape index (κ2) is 4.84. The maximum atomic E-state index is 2.41. The number of benzene rings is 1. The van der Waals surface area contributed by atoms with Crippen LogP contribution in [0, 0.1) is 0 Å². The van der Waals surface area contributed by atoms with Gasteiger partial charge in [-0.1, -0.05) is 0 Å². The summed E-state index contributed by atoms with van der Waals surface area (Å²) in [6.07, 6.45) is 9.33. The van der Waals surface area contributed by atoms with Gasteiger partial charge in [0.25, 0.3) is 0 Å². The number of fused-ring (bicyclic) bond motifs is 3. The summed E-state index contributed by atoms with van der Waals surface area (Å²) in [5.41, 5.74) is 8.47. The number of unbranched alkanes of at least 4 members (excludes halogenated alkanes) is 1. The Labute approximate surface area is 119 Å². The van der Waals surface area contributed by atoms with Crippen molar-refractivity contribution in [2.75, 3.05) is 0 Å². The Bertz CT molecular complexity index is 483. The number of rotatable bonds is 3. The molecule has 0 heterocycles. The third kappa shape index (κ3) is 2.01. The molecular formula is C16H19Hf. The molecule has 0 saturated carbocycles. The van der Waals surface area contributed by atoms with E-state index in [0.29, 0.717) is 0 Å². The van der Waals surface area contributed by atoms with Crippen molar-refractivity contribution in [3.05, 3.63) is 37.7 Å². The number of hydrogen-bond acceptors (Lipinski definition) is 0. The van der Waals surface area contributed by atoms with Gasteiger partial charge in [-0.3, -0.25) is 0 Å². The molecule has 2 aliphatic carbocycles. The van der Waals surface area contributed by atoms with E-state index in [1.54, 1.807) is 31.2 Å². The summed E-state index contributed by atoms with van der Waals surface area (Å²) in [4.78, 5) is 0. The first-order chi connectivity index (χ1) is 8.31. The van der Waals surface area contributed by atoms with Crippen molar-refractivity contribution in [2.45, 2.75) is 51.9 Å². The molecule has 0 aromatic heterocycles. The third-order valence-electron chi connectivity index (χ3n) is 4.18. The standard InChI is InChI=1S/C16H19.Hf/c1-2-3-5-13-10-11-14-9-8-12-6-4-7-15(12)16(13)14;/h8-9H,2-7,11H2,1H3;. The van der Waals surface area contributed by atoms with Crippen LogP contribution < -0.4 is 0 Å². The van der Waals surface area contributed by atoms with Crippen LogP contribution in [0.15, 0.2) is 15.5 Å². The van der Waals surface area contributed by atoms with Crippen LogP contribution >= 0.6 is 0 Å². The second-order valence-electron chi connectivity index (χ2n) is 5.33. The molecule has 0 bridgehead atoms. The second-order valence-corrected chi connectivity index (χ2v) is 7.50. The molecule has 1 aromatic carbocycles. The summed E-state index contributed by atoms with van der Waals surface area (Å²) < 4.78 is 1.77. The van der Waals surface area contributed by atoms with E-state index in [9.17, 15) is 0 Å². The van der Waals surface area contributed by atoms with Crippen molar-refractivity contribution in [2.24, 2.45) is 0 Å². The van der Waals surface area contributed by atoms with Gasteiger partial charge in [0.2, 0.25) is 0 Å². The van der Waals surface area contributed by atoms with Crippen LogP contribution in [0.3, 0.4) is 0 Å². The summed E-state index contributed by atoms with van der Waals surface area (Å²) in [7, 11) is 0. The maximum absolute atomic E-state index is 2.41. The van der Waals surface area contributed by atoms with Crippen molar-refractivity contribution >= 4 is 5.57 Å². The van der Waals surface area contributed by atoms with Crippen LogP contribution in [-0.4, -0.2) is 0 Å². The average molecular weight is 390 g/mol. The molecule has 0 atom stereocenters. The van der Waals surface area contributed by atoms with E-state index in [-0.39, 0.29) is 0 Å². The van der Waals surface area contributed by atoms with Crippen LogP contribution in [0.25, 0.3) is 5.57 Å². The Hall–Kier alpha value is -0.170. The van der Waals surface area contributed by atoms with Crippen molar-refractivity contribution in [3.8, 4) is 0 Å². The first-order valence-corrected chi connectivity index (χ1v) is 8.68. The van der Waals surface area contributed by atoms with Crippen LogP contribution in [0.2, 0.25) is 0 Å². The van der Waals surface area contributed by atoms with E-state index < -0.39 is 0 Å². The molecule has 2 aliphatic rings. The van der Waals surface area contributed by atoms with E-state index in [4.69, 9.17) is 0 Å². The van der Waals surface area contributed by atoms with Gasteiger partial charge in [0.1, 0.15) is 0 Å². The third-order valence-corrected chi connectivity index (χ3v) is 5.90.